The quantitative estimate of drug-likeness (QED) is 0.274. The molecule has 0 saturated carbocycles. The van der Waals surface area contributed by atoms with E-state index in [9.17, 15) is 0 Å². The Labute approximate surface area is 211 Å². The molecule has 36 heavy (non-hydrogen) atoms. The molecule has 2 aromatic heterocycles. The standard InChI is InChI=1S/C29H30N6O/c1-3-4-14-27-26(28(20-36-2)35(32-27)23-10-6-5-7-11-23)19-21-15-17-22(18-16-21)24-12-8-9-13-25(24)29-30-33-34-31-29/h5-13,15-18H,3-4,14,19-20H2,1-2H3,(H,30,31,33,34). The third-order valence-electron chi connectivity index (χ3n) is 6.40. The zero-order valence-corrected chi connectivity index (χ0v) is 20.7. The maximum atomic E-state index is 5.63. The highest BCUT2D eigenvalue weighted by molar-refractivity contribution is 5.80. The molecule has 0 saturated heterocycles. The van der Waals surface area contributed by atoms with Crippen LogP contribution in [0.3, 0.4) is 0 Å². The fourth-order valence-corrected chi connectivity index (χ4v) is 4.57. The molecule has 0 aliphatic rings. The van der Waals surface area contributed by atoms with E-state index in [1.807, 2.05) is 36.4 Å². The fourth-order valence-electron chi connectivity index (χ4n) is 4.57. The molecule has 0 radical (unpaired) electrons. The highest BCUT2D eigenvalue weighted by Crippen LogP contribution is 2.31. The first-order chi connectivity index (χ1) is 17.8. The van der Waals surface area contributed by atoms with Crippen LogP contribution in [0, 0.1) is 0 Å². The van der Waals surface area contributed by atoms with Crippen LogP contribution in [-0.2, 0) is 24.2 Å². The number of aromatic nitrogens is 6. The normalized spacial score (nSPS) is 11.2. The fraction of sp³-hybridized carbons (Fsp3) is 0.241. The predicted octanol–water partition coefficient (Wildman–Crippen LogP) is 5.80. The first-order valence-electron chi connectivity index (χ1n) is 12.3. The summed E-state index contributed by atoms with van der Waals surface area (Å²) in [6.07, 6.45) is 4.00. The first-order valence-corrected chi connectivity index (χ1v) is 12.3. The Morgan fingerprint density at radius 2 is 1.64 bits per heavy atom. The molecule has 0 unspecified atom stereocenters. The molecule has 3 aromatic carbocycles. The van der Waals surface area contributed by atoms with E-state index in [1.165, 1.54) is 11.1 Å². The van der Waals surface area contributed by atoms with Crippen molar-refractivity contribution in [3.05, 3.63) is 101 Å². The molecule has 0 aliphatic heterocycles. The van der Waals surface area contributed by atoms with Gasteiger partial charge in [-0.15, -0.1) is 5.10 Å². The highest BCUT2D eigenvalue weighted by atomic mass is 16.5. The van der Waals surface area contributed by atoms with Crippen molar-refractivity contribution in [1.82, 2.24) is 30.4 Å². The Hall–Kier alpha value is -4.10. The molecule has 7 heteroatoms. The van der Waals surface area contributed by atoms with Crippen molar-refractivity contribution in [3.8, 4) is 28.2 Å². The van der Waals surface area contributed by atoms with E-state index in [0.717, 1.165) is 59.4 Å². The van der Waals surface area contributed by atoms with Crippen LogP contribution < -0.4 is 0 Å². The van der Waals surface area contributed by atoms with Crippen LogP contribution in [0.4, 0.5) is 0 Å². The van der Waals surface area contributed by atoms with E-state index in [0.29, 0.717) is 12.4 Å². The van der Waals surface area contributed by atoms with Gasteiger partial charge in [0.25, 0.3) is 0 Å². The molecule has 0 amide bonds. The molecule has 0 fully saturated rings. The zero-order valence-electron chi connectivity index (χ0n) is 20.7. The number of methoxy groups -OCH3 is 1. The summed E-state index contributed by atoms with van der Waals surface area (Å²) in [5, 5.41) is 19.5. The lowest BCUT2D eigenvalue weighted by Crippen LogP contribution is -2.05. The van der Waals surface area contributed by atoms with Crippen molar-refractivity contribution in [2.75, 3.05) is 7.11 Å². The van der Waals surface area contributed by atoms with Crippen LogP contribution in [-0.4, -0.2) is 37.5 Å². The Morgan fingerprint density at radius 3 is 2.33 bits per heavy atom. The molecule has 2 heterocycles. The second-order valence-corrected chi connectivity index (χ2v) is 8.82. The van der Waals surface area contributed by atoms with Gasteiger partial charge in [-0.25, -0.2) is 9.78 Å². The minimum absolute atomic E-state index is 0.514. The number of aromatic amines is 1. The minimum Gasteiger partial charge on any atom is -0.378 e. The average molecular weight is 479 g/mol. The van der Waals surface area contributed by atoms with E-state index >= 15 is 0 Å². The van der Waals surface area contributed by atoms with Gasteiger partial charge in [0, 0.05) is 24.7 Å². The zero-order chi connectivity index (χ0) is 24.7. The Balaban J connectivity index is 1.49. The van der Waals surface area contributed by atoms with Gasteiger partial charge in [-0.05, 0) is 52.1 Å². The number of hydrogen-bond acceptors (Lipinski definition) is 5. The van der Waals surface area contributed by atoms with Crippen molar-refractivity contribution in [2.45, 2.75) is 39.2 Å². The number of tetrazole rings is 1. The number of aryl methyl sites for hydroxylation is 1. The molecule has 0 aliphatic carbocycles. The van der Waals surface area contributed by atoms with Gasteiger partial charge in [0.1, 0.15) is 0 Å². The summed E-state index contributed by atoms with van der Waals surface area (Å²) >= 11 is 0. The lowest BCUT2D eigenvalue weighted by atomic mass is 9.95. The van der Waals surface area contributed by atoms with Gasteiger partial charge in [0.15, 0.2) is 5.82 Å². The smallest absolute Gasteiger partial charge is 0.180 e. The number of H-pyrrole nitrogens is 1. The molecule has 0 bridgehead atoms. The summed E-state index contributed by atoms with van der Waals surface area (Å²) in [5.74, 6) is 0.660. The topological polar surface area (TPSA) is 81.5 Å². The second kappa shape index (κ2) is 11.1. The van der Waals surface area contributed by atoms with E-state index in [1.54, 1.807) is 7.11 Å². The first kappa shape index (κ1) is 23.6. The van der Waals surface area contributed by atoms with Crippen LogP contribution in [0.25, 0.3) is 28.2 Å². The van der Waals surface area contributed by atoms with Gasteiger partial charge in [-0.1, -0.05) is 80.1 Å². The van der Waals surface area contributed by atoms with Gasteiger partial charge >= 0.3 is 0 Å². The Kier molecular flexibility index (Phi) is 7.28. The number of ether oxygens (including phenoxy) is 1. The average Bonchev–Trinajstić information content (AvgIpc) is 3.58. The number of benzene rings is 3. The number of hydrogen-bond donors (Lipinski definition) is 1. The van der Waals surface area contributed by atoms with Crippen LogP contribution in [0.15, 0.2) is 78.9 Å². The van der Waals surface area contributed by atoms with Crippen molar-refractivity contribution >= 4 is 0 Å². The number of unbranched alkanes of at least 4 members (excludes halogenated alkanes) is 1. The van der Waals surface area contributed by atoms with Crippen molar-refractivity contribution < 1.29 is 4.74 Å². The summed E-state index contributed by atoms with van der Waals surface area (Å²) in [7, 11) is 1.74. The van der Waals surface area contributed by atoms with Crippen LogP contribution in [0.2, 0.25) is 0 Å². The molecule has 7 nitrogen and oxygen atoms in total. The van der Waals surface area contributed by atoms with Crippen LogP contribution in [0.5, 0.6) is 0 Å². The number of nitrogens with zero attached hydrogens (tertiary/aromatic N) is 5. The summed E-state index contributed by atoms with van der Waals surface area (Å²) < 4.78 is 7.69. The van der Waals surface area contributed by atoms with E-state index in [4.69, 9.17) is 9.84 Å². The molecule has 5 rings (SSSR count). The molecule has 1 N–H and O–H groups in total. The van der Waals surface area contributed by atoms with E-state index < -0.39 is 0 Å². The van der Waals surface area contributed by atoms with Crippen molar-refractivity contribution in [1.29, 1.82) is 0 Å². The van der Waals surface area contributed by atoms with Gasteiger partial charge < -0.3 is 4.74 Å². The van der Waals surface area contributed by atoms with Crippen molar-refractivity contribution in [2.24, 2.45) is 0 Å². The van der Waals surface area contributed by atoms with Crippen molar-refractivity contribution in [3.63, 3.8) is 0 Å². The molecule has 0 spiro atoms. The number of rotatable bonds is 10. The number of para-hydroxylation sites is 1. The summed E-state index contributed by atoms with van der Waals surface area (Å²) in [4.78, 5) is 0. The molecule has 0 atom stereocenters. The molecular formula is C29H30N6O. The van der Waals surface area contributed by atoms with E-state index in [-0.39, 0.29) is 0 Å². The number of nitrogens with one attached hydrogen (secondary N) is 1. The van der Waals surface area contributed by atoms with Crippen LogP contribution >= 0.6 is 0 Å². The van der Waals surface area contributed by atoms with E-state index in [2.05, 4.69) is 74.7 Å². The van der Waals surface area contributed by atoms with Gasteiger partial charge in [0.05, 0.1) is 23.7 Å². The lowest BCUT2D eigenvalue weighted by Gasteiger charge is -2.11. The summed E-state index contributed by atoms with van der Waals surface area (Å²) in [6.45, 7) is 2.73. The second-order valence-electron chi connectivity index (χ2n) is 8.82. The largest absolute Gasteiger partial charge is 0.378 e. The lowest BCUT2D eigenvalue weighted by molar-refractivity contribution is 0.178. The van der Waals surface area contributed by atoms with Gasteiger partial charge in [-0.2, -0.15) is 5.10 Å². The maximum Gasteiger partial charge on any atom is 0.180 e. The highest BCUT2D eigenvalue weighted by Gasteiger charge is 2.19. The predicted molar refractivity (Wildman–Crippen MR) is 141 cm³/mol. The minimum atomic E-state index is 0.514. The SMILES string of the molecule is CCCCc1nn(-c2ccccc2)c(COC)c1Cc1ccc(-c2ccccc2-c2nnn[nH]2)cc1. The van der Waals surface area contributed by atoms with Crippen LogP contribution in [0.1, 0.15) is 42.3 Å². The molecule has 182 valence electrons. The third-order valence-corrected chi connectivity index (χ3v) is 6.40. The summed E-state index contributed by atoms with van der Waals surface area (Å²) in [6, 6.07) is 27.2. The molecule has 5 aromatic rings. The van der Waals surface area contributed by atoms with Gasteiger partial charge in [-0.3, -0.25) is 0 Å². The summed E-state index contributed by atoms with van der Waals surface area (Å²) in [5.41, 5.74) is 9.00. The Bertz CT molecular complexity index is 1390. The third kappa shape index (κ3) is 4.97. The monoisotopic (exact) mass is 478 g/mol. The maximum absolute atomic E-state index is 5.63. The Morgan fingerprint density at radius 1 is 0.889 bits per heavy atom. The molecular weight excluding hydrogens is 448 g/mol. The van der Waals surface area contributed by atoms with Gasteiger partial charge in [0.2, 0.25) is 0 Å².